The van der Waals surface area contributed by atoms with Gasteiger partial charge in [0.05, 0.1) is 5.75 Å². The molecule has 0 bridgehead atoms. The van der Waals surface area contributed by atoms with Gasteiger partial charge in [0.25, 0.3) is 0 Å². The van der Waals surface area contributed by atoms with E-state index in [0.29, 0.717) is 16.9 Å². The maximum Gasteiger partial charge on any atom is 0.215 e. The first-order chi connectivity index (χ1) is 8.74. The first-order valence-corrected chi connectivity index (χ1v) is 7.39. The highest BCUT2D eigenvalue weighted by molar-refractivity contribution is 7.89. The van der Waals surface area contributed by atoms with E-state index >= 15 is 0 Å². The fourth-order valence-corrected chi connectivity index (χ4v) is 2.20. The summed E-state index contributed by atoms with van der Waals surface area (Å²) >= 11 is 0. The minimum absolute atomic E-state index is 0.0141. The molecule has 7 heteroatoms. The second kappa shape index (κ2) is 6.03. The number of hydrogen-bond acceptors (Lipinski definition) is 5. The third kappa shape index (κ3) is 4.22. The van der Waals surface area contributed by atoms with Gasteiger partial charge >= 0.3 is 0 Å². The van der Waals surface area contributed by atoms with E-state index in [9.17, 15) is 13.2 Å². The summed E-state index contributed by atoms with van der Waals surface area (Å²) in [5.41, 5.74) is 7.20. The van der Waals surface area contributed by atoms with Crippen LogP contribution in [-0.2, 0) is 10.0 Å². The molecule has 0 aliphatic heterocycles. The van der Waals surface area contributed by atoms with E-state index in [1.165, 1.54) is 25.3 Å². The summed E-state index contributed by atoms with van der Waals surface area (Å²) in [6.45, 7) is 1.70. The fourth-order valence-electron chi connectivity index (χ4n) is 1.48. The molecule has 0 radical (unpaired) electrons. The maximum atomic E-state index is 11.6. The smallest absolute Gasteiger partial charge is 0.215 e. The Morgan fingerprint density at radius 3 is 2.53 bits per heavy atom. The fraction of sp³-hybridized carbons (Fsp3) is 0.417. The lowest BCUT2D eigenvalue weighted by atomic mass is 10.1. The first-order valence-electron chi connectivity index (χ1n) is 5.78. The summed E-state index contributed by atoms with van der Waals surface area (Å²) in [5, 5.41) is 2.96. The topological polar surface area (TPSA) is 92.5 Å². The van der Waals surface area contributed by atoms with Crippen LogP contribution in [0.5, 0.6) is 0 Å². The number of carbonyl (C=O) groups is 1. The Hall–Kier alpha value is -1.60. The number of ketones is 1. The van der Waals surface area contributed by atoms with Crippen molar-refractivity contribution >= 4 is 27.2 Å². The number of nitrogen functional groups attached to an aromatic ring is 1. The third-order valence-corrected chi connectivity index (χ3v) is 4.51. The molecular formula is C12H19N3O3S. The molecule has 6 nitrogen and oxygen atoms in total. The van der Waals surface area contributed by atoms with E-state index in [4.69, 9.17) is 5.73 Å². The van der Waals surface area contributed by atoms with Crippen LogP contribution in [0.2, 0.25) is 0 Å². The number of carbonyl (C=O) groups excluding carboxylic acids is 1. The molecule has 0 unspecified atom stereocenters. The maximum absolute atomic E-state index is 11.6. The van der Waals surface area contributed by atoms with Gasteiger partial charge in [0, 0.05) is 37.6 Å². The van der Waals surface area contributed by atoms with E-state index in [1.54, 1.807) is 18.2 Å². The van der Waals surface area contributed by atoms with E-state index in [2.05, 4.69) is 5.32 Å². The molecule has 0 fully saturated rings. The summed E-state index contributed by atoms with van der Waals surface area (Å²) in [5.74, 6) is -0.137. The van der Waals surface area contributed by atoms with Crippen LogP contribution in [0, 0.1) is 0 Å². The molecule has 3 N–H and O–H groups in total. The van der Waals surface area contributed by atoms with Gasteiger partial charge in [0.2, 0.25) is 10.0 Å². The van der Waals surface area contributed by atoms with Gasteiger partial charge in [-0.1, -0.05) is 0 Å². The van der Waals surface area contributed by atoms with Crippen molar-refractivity contribution in [2.24, 2.45) is 0 Å². The van der Waals surface area contributed by atoms with Crippen molar-refractivity contribution in [3.8, 4) is 0 Å². The van der Waals surface area contributed by atoms with Crippen molar-refractivity contribution in [3.63, 3.8) is 0 Å². The molecule has 0 aromatic heterocycles. The molecule has 0 spiro atoms. The lowest BCUT2D eigenvalue weighted by Gasteiger charge is -2.13. The Balaban J connectivity index is 2.70. The summed E-state index contributed by atoms with van der Waals surface area (Å²) in [7, 11) is -0.239. The van der Waals surface area contributed by atoms with E-state index < -0.39 is 10.0 Å². The van der Waals surface area contributed by atoms with Crippen molar-refractivity contribution < 1.29 is 13.2 Å². The van der Waals surface area contributed by atoms with Gasteiger partial charge in [-0.25, -0.2) is 12.7 Å². The van der Waals surface area contributed by atoms with Gasteiger partial charge in [-0.05, 0) is 25.1 Å². The minimum atomic E-state index is -3.22. The van der Waals surface area contributed by atoms with Gasteiger partial charge < -0.3 is 11.1 Å². The Morgan fingerprint density at radius 2 is 2.00 bits per heavy atom. The third-order valence-electron chi connectivity index (χ3n) is 2.68. The zero-order valence-corrected chi connectivity index (χ0v) is 12.1. The standard InChI is InChI=1S/C12H19N3O3S/c1-9(16)11-8-10(4-5-12(11)13)14-6-7-19(17,18)15(2)3/h4-5,8,14H,6-7,13H2,1-3H3. The molecule has 0 heterocycles. The molecule has 106 valence electrons. The highest BCUT2D eigenvalue weighted by Gasteiger charge is 2.13. The number of anilines is 2. The van der Waals surface area contributed by atoms with Crippen LogP contribution in [-0.4, -0.2) is 44.9 Å². The largest absolute Gasteiger partial charge is 0.398 e. The van der Waals surface area contributed by atoms with E-state index in [-0.39, 0.29) is 18.1 Å². The van der Waals surface area contributed by atoms with Crippen molar-refractivity contribution in [2.75, 3.05) is 37.4 Å². The first kappa shape index (κ1) is 15.5. The van der Waals surface area contributed by atoms with Crippen LogP contribution in [0.3, 0.4) is 0 Å². The number of rotatable bonds is 6. The van der Waals surface area contributed by atoms with Crippen LogP contribution in [0.25, 0.3) is 0 Å². The lowest BCUT2D eigenvalue weighted by Crippen LogP contribution is -2.28. The summed E-state index contributed by atoms with van der Waals surface area (Å²) in [4.78, 5) is 11.3. The van der Waals surface area contributed by atoms with Crippen molar-refractivity contribution in [1.82, 2.24) is 4.31 Å². The van der Waals surface area contributed by atoms with Crippen LogP contribution in [0.1, 0.15) is 17.3 Å². The molecule has 19 heavy (non-hydrogen) atoms. The zero-order chi connectivity index (χ0) is 14.6. The Kier molecular flexibility index (Phi) is 4.90. The Morgan fingerprint density at radius 1 is 1.37 bits per heavy atom. The Labute approximate surface area is 113 Å². The number of nitrogens with two attached hydrogens (primary N) is 1. The van der Waals surface area contributed by atoms with Gasteiger partial charge in [0.15, 0.2) is 5.78 Å². The predicted octanol–water partition coefficient (Wildman–Crippen LogP) is 0.775. The Bertz CT molecular complexity index is 568. The molecular weight excluding hydrogens is 266 g/mol. The van der Waals surface area contributed by atoms with Gasteiger partial charge in [-0.2, -0.15) is 0 Å². The molecule has 1 aromatic rings. The highest BCUT2D eigenvalue weighted by atomic mass is 32.2. The average molecular weight is 285 g/mol. The van der Waals surface area contributed by atoms with Crippen molar-refractivity contribution in [2.45, 2.75) is 6.92 Å². The molecule has 0 aliphatic rings. The van der Waals surface area contributed by atoms with Gasteiger partial charge in [0.1, 0.15) is 0 Å². The van der Waals surface area contributed by atoms with E-state index in [1.807, 2.05) is 0 Å². The van der Waals surface area contributed by atoms with Gasteiger partial charge in [-0.15, -0.1) is 0 Å². The predicted molar refractivity (Wildman–Crippen MR) is 76.8 cm³/mol. The molecule has 1 aromatic carbocycles. The lowest BCUT2D eigenvalue weighted by molar-refractivity contribution is 0.101. The molecule has 0 amide bonds. The highest BCUT2D eigenvalue weighted by Crippen LogP contribution is 2.18. The van der Waals surface area contributed by atoms with Crippen LogP contribution in [0.15, 0.2) is 18.2 Å². The van der Waals surface area contributed by atoms with Crippen LogP contribution in [0.4, 0.5) is 11.4 Å². The second-order valence-electron chi connectivity index (χ2n) is 4.38. The number of nitrogens with zero attached hydrogens (tertiary/aromatic N) is 1. The number of benzene rings is 1. The van der Waals surface area contributed by atoms with Crippen molar-refractivity contribution in [3.05, 3.63) is 23.8 Å². The average Bonchev–Trinajstić information content (AvgIpc) is 2.30. The molecule has 0 saturated carbocycles. The van der Waals surface area contributed by atoms with Crippen LogP contribution >= 0.6 is 0 Å². The summed E-state index contributed by atoms with van der Waals surface area (Å²) in [6, 6.07) is 4.96. The SMILES string of the molecule is CC(=O)c1cc(NCCS(=O)(=O)N(C)C)ccc1N. The number of Topliss-reactive ketones (excluding diaryl/α,β-unsaturated/α-hetero) is 1. The molecule has 0 aliphatic carbocycles. The summed E-state index contributed by atoms with van der Waals surface area (Å²) in [6.07, 6.45) is 0. The zero-order valence-electron chi connectivity index (χ0n) is 11.3. The van der Waals surface area contributed by atoms with Crippen molar-refractivity contribution in [1.29, 1.82) is 0 Å². The van der Waals surface area contributed by atoms with E-state index in [0.717, 1.165) is 0 Å². The molecule has 0 atom stereocenters. The van der Waals surface area contributed by atoms with Crippen LogP contribution < -0.4 is 11.1 Å². The number of nitrogens with one attached hydrogen (secondary N) is 1. The monoisotopic (exact) mass is 285 g/mol. The second-order valence-corrected chi connectivity index (χ2v) is 6.69. The van der Waals surface area contributed by atoms with Gasteiger partial charge in [-0.3, -0.25) is 4.79 Å². The summed E-state index contributed by atoms with van der Waals surface area (Å²) < 4.78 is 24.3. The molecule has 0 saturated heterocycles. The molecule has 1 rings (SSSR count). The quantitative estimate of drug-likeness (QED) is 0.595. The number of sulfonamides is 1. The number of hydrogen-bond donors (Lipinski definition) is 2. The normalized spacial score (nSPS) is 11.6. The minimum Gasteiger partial charge on any atom is -0.398 e.